The Kier molecular flexibility index (Phi) is 4.95. The van der Waals surface area contributed by atoms with Crippen LogP contribution >= 0.6 is 11.3 Å². The molecule has 3 heterocycles. The van der Waals surface area contributed by atoms with Crippen LogP contribution in [0.1, 0.15) is 50.7 Å². The molecule has 0 radical (unpaired) electrons. The predicted molar refractivity (Wildman–Crippen MR) is 98.7 cm³/mol. The fourth-order valence-electron chi connectivity index (χ4n) is 4.08. The van der Waals surface area contributed by atoms with Crippen molar-refractivity contribution in [2.45, 2.75) is 63.0 Å². The van der Waals surface area contributed by atoms with E-state index in [1.807, 2.05) is 29.6 Å². The molecule has 0 unspecified atom stereocenters. The van der Waals surface area contributed by atoms with Crippen LogP contribution in [-0.4, -0.2) is 24.2 Å². The number of carbonyl (C=O) groups is 1. The van der Waals surface area contributed by atoms with Crippen molar-refractivity contribution in [3.05, 3.63) is 35.4 Å². The van der Waals surface area contributed by atoms with Gasteiger partial charge in [-0.2, -0.15) is 0 Å². The third kappa shape index (κ3) is 3.98. The number of furan rings is 1. The minimum atomic E-state index is 0.0484. The molecule has 5 heteroatoms. The largest absolute Gasteiger partial charge is 0.460 e. The number of rotatable bonds is 5. The van der Waals surface area contributed by atoms with Crippen molar-refractivity contribution in [2.75, 3.05) is 6.61 Å². The van der Waals surface area contributed by atoms with Gasteiger partial charge in [0.15, 0.2) is 0 Å². The molecule has 2 aliphatic rings. The summed E-state index contributed by atoms with van der Waals surface area (Å²) in [5.74, 6) is 1.84. The summed E-state index contributed by atoms with van der Waals surface area (Å²) in [6.07, 6.45) is 8.20. The first kappa shape index (κ1) is 16.9. The predicted octanol–water partition coefficient (Wildman–Crippen LogP) is 4.55. The molecule has 1 saturated heterocycles. The number of hydrogen-bond donors (Lipinski definition) is 1. The molecular formula is C20H25NO3S. The first-order valence-corrected chi connectivity index (χ1v) is 10.2. The van der Waals surface area contributed by atoms with E-state index in [0.717, 1.165) is 35.7 Å². The van der Waals surface area contributed by atoms with E-state index in [0.29, 0.717) is 19.4 Å². The second-order valence-corrected chi connectivity index (χ2v) is 8.21. The van der Waals surface area contributed by atoms with Gasteiger partial charge in [-0.3, -0.25) is 4.79 Å². The maximum Gasteiger partial charge on any atom is 0.220 e. The van der Waals surface area contributed by atoms with Crippen LogP contribution in [0.5, 0.6) is 0 Å². The number of nitrogens with one attached hydrogen (secondary N) is 1. The molecule has 4 rings (SSSR count). The Labute approximate surface area is 152 Å². The lowest BCUT2D eigenvalue weighted by Crippen LogP contribution is -2.37. The van der Waals surface area contributed by atoms with Gasteiger partial charge in [-0.1, -0.05) is 25.3 Å². The zero-order valence-corrected chi connectivity index (χ0v) is 15.3. The lowest BCUT2D eigenvalue weighted by Gasteiger charge is -2.32. The number of amides is 1. The lowest BCUT2D eigenvalue weighted by molar-refractivity contribution is -0.121. The van der Waals surface area contributed by atoms with Crippen LogP contribution in [0, 0.1) is 0 Å². The Morgan fingerprint density at radius 2 is 2.12 bits per heavy atom. The van der Waals surface area contributed by atoms with Crippen molar-refractivity contribution in [1.82, 2.24) is 5.32 Å². The van der Waals surface area contributed by atoms with Crippen LogP contribution < -0.4 is 5.32 Å². The summed E-state index contributed by atoms with van der Waals surface area (Å²) in [5.41, 5.74) is 0.0484. The van der Waals surface area contributed by atoms with Gasteiger partial charge in [0.25, 0.3) is 0 Å². The first-order valence-electron chi connectivity index (χ1n) is 9.28. The minimum absolute atomic E-state index is 0.0484. The summed E-state index contributed by atoms with van der Waals surface area (Å²) < 4.78 is 11.9. The summed E-state index contributed by atoms with van der Waals surface area (Å²) in [7, 11) is 0. The molecule has 4 nitrogen and oxygen atoms in total. The van der Waals surface area contributed by atoms with Crippen molar-refractivity contribution in [2.24, 2.45) is 0 Å². The number of carbonyl (C=O) groups excluding carboxylic acids is 1. The molecule has 1 aliphatic carbocycles. The molecule has 2 fully saturated rings. The Morgan fingerprint density at radius 3 is 2.92 bits per heavy atom. The average molecular weight is 359 g/mol. The highest BCUT2D eigenvalue weighted by molar-refractivity contribution is 7.13. The first-order chi connectivity index (χ1) is 12.2. The maximum absolute atomic E-state index is 12.3. The second-order valence-electron chi connectivity index (χ2n) is 7.27. The minimum Gasteiger partial charge on any atom is -0.460 e. The summed E-state index contributed by atoms with van der Waals surface area (Å²) in [6.45, 7) is 0.662. The van der Waals surface area contributed by atoms with E-state index in [2.05, 4.69) is 5.32 Å². The van der Waals surface area contributed by atoms with E-state index in [1.54, 1.807) is 11.3 Å². The molecule has 1 atom stereocenters. The highest BCUT2D eigenvalue weighted by Crippen LogP contribution is 2.39. The Hall–Kier alpha value is -1.59. The topological polar surface area (TPSA) is 51.5 Å². The normalized spacial score (nSPS) is 22.3. The summed E-state index contributed by atoms with van der Waals surface area (Å²) in [6, 6.07) is 8.18. The SMILES string of the molecule is O=C(CCc1ccc(-c2cccs2)o1)N[C@H]1COC2(CCCCC2)C1. The fraction of sp³-hybridized carbons (Fsp3) is 0.550. The highest BCUT2D eigenvalue weighted by atomic mass is 32.1. The van der Waals surface area contributed by atoms with Crippen LogP contribution in [0.15, 0.2) is 34.1 Å². The number of ether oxygens (including phenoxy) is 1. The van der Waals surface area contributed by atoms with E-state index in [1.165, 1.54) is 19.3 Å². The number of thiophene rings is 1. The van der Waals surface area contributed by atoms with E-state index < -0.39 is 0 Å². The van der Waals surface area contributed by atoms with Crippen LogP contribution in [0.25, 0.3) is 10.6 Å². The van der Waals surface area contributed by atoms with Crippen LogP contribution in [-0.2, 0) is 16.0 Å². The Bertz CT molecular complexity index is 700. The average Bonchev–Trinajstić information content (AvgIpc) is 3.35. The van der Waals surface area contributed by atoms with Gasteiger partial charge in [0.1, 0.15) is 11.5 Å². The summed E-state index contributed by atoms with van der Waals surface area (Å²) in [5, 5.41) is 5.19. The molecule has 2 aromatic heterocycles. The molecule has 1 saturated carbocycles. The third-order valence-corrected chi connectivity index (χ3v) is 6.25. The molecule has 1 amide bonds. The summed E-state index contributed by atoms with van der Waals surface area (Å²) in [4.78, 5) is 13.4. The smallest absolute Gasteiger partial charge is 0.220 e. The molecule has 1 spiro atoms. The Balaban J connectivity index is 1.24. The maximum atomic E-state index is 12.3. The molecule has 2 aromatic rings. The van der Waals surface area contributed by atoms with Crippen LogP contribution in [0.2, 0.25) is 0 Å². The van der Waals surface area contributed by atoms with Gasteiger partial charge in [-0.05, 0) is 42.8 Å². The van der Waals surface area contributed by atoms with Gasteiger partial charge >= 0.3 is 0 Å². The van der Waals surface area contributed by atoms with E-state index in [9.17, 15) is 4.79 Å². The van der Waals surface area contributed by atoms with Crippen molar-refractivity contribution >= 4 is 17.2 Å². The molecular weight excluding hydrogens is 334 g/mol. The molecule has 1 N–H and O–H groups in total. The van der Waals surface area contributed by atoms with Gasteiger partial charge in [-0.15, -0.1) is 11.3 Å². The van der Waals surface area contributed by atoms with Gasteiger partial charge in [0, 0.05) is 12.8 Å². The molecule has 134 valence electrons. The van der Waals surface area contributed by atoms with E-state index in [4.69, 9.17) is 9.15 Å². The molecule has 0 bridgehead atoms. The van der Waals surface area contributed by atoms with Crippen molar-refractivity contribution in [1.29, 1.82) is 0 Å². The van der Waals surface area contributed by atoms with Crippen LogP contribution in [0.4, 0.5) is 0 Å². The van der Waals surface area contributed by atoms with E-state index in [-0.39, 0.29) is 17.6 Å². The zero-order chi connectivity index (χ0) is 17.1. The molecule has 25 heavy (non-hydrogen) atoms. The third-order valence-electron chi connectivity index (χ3n) is 5.36. The number of hydrogen-bond acceptors (Lipinski definition) is 4. The number of aryl methyl sites for hydroxylation is 1. The summed E-state index contributed by atoms with van der Waals surface area (Å²) >= 11 is 1.66. The lowest BCUT2D eigenvalue weighted by atomic mass is 9.82. The van der Waals surface area contributed by atoms with Gasteiger partial charge in [-0.25, -0.2) is 0 Å². The quantitative estimate of drug-likeness (QED) is 0.852. The van der Waals surface area contributed by atoms with Crippen molar-refractivity contribution in [3.63, 3.8) is 0 Å². The highest BCUT2D eigenvalue weighted by Gasteiger charge is 2.41. The van der Waals surface area contributed by atoms with Crippen molar-refractivity contribution in [3.8, 4) is 10.6 Å². The fourth-order valence-corrected chi connectivity index (χ4v) is 4.77. The molecule has 1 aliphatic heterocycles. The molecule has 0 aromatic carbocycles. The zero-order valence-electron chi connectivity index (χ0n) is 14.5. The Morgan fingerprint density at radius 1 is 1.24 bits per heavy atom. The standard InChI is InChI=1S/C20H25NO3S/c22-19(21-15-13-20(23-14-15)10-2-1-3-11-20)9-7-16-6-8-17(24-16)18-5-4-12-25-18/h4-6,8,12,15H,1-3,7,9-11,13-14H2,(H,21,22)/t15-/m1/s1. The van der Waals surface area contributed by atoms with Crippen molar-refractivity contribution < 1.29 is 13.9 Å². The van der Waals surface area contributed by atoms with E-state index >= 15 is 0 Å². The van der Waals surface area contributed by atoms with Crippen LogP contribution in [0.3, 0.4) is 0 Å². The monoisotopic (exact) mass is 359 g/mol. The van der Waals surface area contributed by atoms with Gasteiger partial charge in [0.2, 0.25) is 5.91 Å². The second kappa shape index (κ2) is 7.34. The van der Waals surface area contributed by atoms with Gasteiger partial charge in [0.05, 0.1) is 23.1 Å². The van der Waals surface area contributed by atoms with Gasteiger partial charge < -0.3 is 14.5 Å².